The minimum Gasteiger partial charge on any atom is -0.425 e. The monoisotopic (exact) mass is 472 g/mol. The standard InChI is InChI=1S/C30H39F3O/c1-3-5-7-8-9-11-23-16-19-26-25-18-17-24(22-14-12-21(13-15-22)10-6-4-2)20-27(25)30(32,33)34-29(26)28(23)31/h16-22H,3-15H2,1-2H3. The van der Waals surface area contributed by atoms with Gasteiger partial charge < -0.3 is 4.74 Å². The third-order valence-electron chi connectivity index (χ3n) is 7.89. The summed E-state index contributed by atoms with van der Waals surface area (Å²) in [6.45, 7) is 4.38. The molecule has 0 unspecified atom stereocenters. The highest BCUT2D eigenvalue weighted by molar-refractivity contribution is 5.77. The number of alkyl halides is 2. The highest BCUT2D eigenvalue weighted by atomic mass is 19.3. The zero-order valence-corrected chi connectivity index (χ0v) is 20.8. The smallest absolute Gasteiger partial charge is 0.425 e. The van der Waals surface area contributed by atoms with Crippen molar-refractivity contribution in [2.45, 2.75) is 109 Å². The van der Waals surface area contributed by atoms with Crippen molar-refractivity contribution < 1.29 is 17.9 Å². The molecule has 4 heteroatoms. The molecule has 2 aromatic rings. The van der Waals surface area contributed by atoms with Gasteiger partial charge in [-0.15, -0.1) is 0 Å². The Balaban J connectivity index is 1.52. The van der Waals surface area contributed by atoms with E-state index < -0.39 is 11.9 Å². The number of rotatable bonds is 10. The lowest BCUT2D eigenvalue weighted by molar-refractivity contribution is -0.188. The molecule has 0 radical (unpaired) electrons. The van der Waals surface area contributed by atoms with E-state index in [1.807, 2.05) is 6.07 Å². The van der Waals surface area contributed by atoms with Crippen LogP contribution in [0.15, 0.2) is 30.3 Å². The molecule has 0 N–H and O–H groups in total. The second-order valence-corrected chi connectivity index (χ2v) is 10.4. The predicted octanol–water partition coefficient (Wildman–Crippen LogP) is 9.91. The fraction of sp³-hybridized carbons (Fsp3) is 0.600. The largest absolute Gasteiger partial charge is 0.427 e. The van der Waals surface area contributed by atoms with E-state index in [0.717, 1.165) is 50.0 Å². The van der Waals surface area contributed by atoms with Crippen LogP contribution < -0.4 is 4.74 Å². The van der Waals surface area contributed by atoms with E-state index in [1.54, 1.807) is 24.3 Å². The minimum atomic E-state index is -3.53. The molecule has 2 aliphatic rings. The number of hydrogen-bond donors (Lipinski definition) is 0. The maximum absolute atomic E-state index is 15.2. The first-order valence-electron chi connectivity index (χ1n) is 13.5. The molecule has 0 aromatic heterocycles. The van der Waals surface area contributed by atoms with Crippen molar-refractivity contribution in [2.24, 2.45) is 5.92 Å². The molecule has 0 amide bonds. The molecular formula is C30H39F3O. The second kappa shape index (κ2) is 11.2. The molecule has 1 saturated carbocycles. The van der Waals surface area contributed by atoms with Crippen molar-refractivity contribution in [1.82, 2.24) is 0 Å². The quantitative estimate of drug-likeness (QED) is 0.313. The van der Waals surface area contributed by atoms with E-state index >= 15 is 13.2 Å². The summed E-state index contributed by atoms with van der Waals surface area (Å²) < 4.78 is 50.5. The lowest BCUT2D eigenvalue weighted by Gasteiger charge is -2.32. The summed E-state index contributed by atoms with van der Waals surface area (Å²) in [6, 6.07) is 8.85. The molecule has 1 nitrogen and oxygen atoms in total. The Labute approximate surface area is 203 Å². The van der Waals surface area contributed by atoms with Gasteiger partial charge in [0, 0.05) is 5.56 Å². The van der Waals surface area contributed by atoms with Gasteiger partial charge in [-0.2, -0.15) is 8.78 Å². The lowest BCUT2D eigenvalue weighted by atomic mass is 9.76. The van der Waals surface area contributed by atoms with Crippen LogP contribution in [0, 0.1) is 11.7 Å². The Morgan fingerprint density at radius 2 is 1.56 bits per heavy atom. The van der Waals surface area contributed by atoms with Crippen LogP contribution in [0.25, 0.3) is 11.1 Å². The topological polar surface area (TPSA) is 9.23 Å². The SMILES string of the molecule is CCCCCCCc1ccc2c(c1F)OC(F)(F)c1cc(C3CCC(CCCC)CC3)ccc1-2. The first kappa shape index (κ1) is 25.1. The van der Waals surface area contributed by atoms with Crippen molar-refractivity contribution >= 4 is 0 Å². The molecule has 1 fully saturated rings. The van der Waals surface area contributed by atoms with Crippen molar-refractivity contribution in [3.05, 3.63) is 52.8 Å². The highest BCUT2D eigenvalue weighted by Crippen LogP contribution is 2.50. The molecule has 4 rings (SSSR count). The normalized spacial score (nSPS) is 21.0. The molecule has 1 aliphatic heterocycles. The van der Waals surface area contributed by atoms with E-state index in [4.69, 9.17) is 4.74 Å². The van der Waals surface area contributed by atoms with Gasteiger partial charge in [0.1, 0.15) is 0 Å². The predicted molar refractivity (Wildman–Crippen MR) is 133 cm³/mol. The minimum absolute atomic E-state index is 0.127. The van der Waals surface area contributed by atoms with Gasteiger partial charge >= 0.3 is 6.11 Å². The van der Waals surface area contributed by atoms with Crippen LogP contribution in [0.4, 0.5) is 13.2 Å². The molecule has 0 spiro atoms. The van der Waals surface area contributed by atoms with E-state index in [2.05, 4.69) is 13.8 Å². The van der Waals surface area contributed by atoms with Crippen molar-refractivity contribution in [2.75, 3.05) is 0 Å². The third kappa shape index (κ3) is 5.47. The van der Waals surface area contributed by atoms with Crippen LogP contribution in [-0.2, 0) is 12.5 Å². The number of unbranched alkanes of at least 4 members (excludes halogenated alkanes) is 5. The van der Waals surface area contributed by atoms with E-state index in [-0.39, 0.29) is 11.3 Å². The Morgan fingerprint density at radius 3 is 2.29 bits per heavy atom. The lowest BCUT2D eigenvalue weighted by Crippen LogP contribution is -2.28. The summed E-state index contributed by atoms with van der Waals surface area (Å²) in [5.74, 6) is 0.155. The Bertz CT molecular complexity index is 960. The molecule has 34 heavy (non-hydrogen) atoms. The molecule has 1 heterocycles. The van der Waals surface area contributed by atoms with Crippen LogP contribution >= 0.6 is 0 Å². The Kier molecular flexibility index (Phi) is 8.26. The fourth-order valence-electron chi connectivity index (χ4n) is 5.77. The van der Waals surface area contributed by atoms with E-state index in [1.165, 1.54) is 38.5 Å². The van der Waals surface area contributed by atoms with Crippen LogP contribution in [0.5, 0.6) is 5.75 Å². The molecule has 2 aromatic carbocycles. The number of hydrogen-bond acceptors (Lipinski definition) is 1. The highest BCUT2D eigenvalue weighted by Gasteiger charge is 2.44. The summed E-state index contributed by atoms with van der Waals surface area (Å²) in [5.41, 5.74) is 2.12. The molecule has 0 bridgehead atoms. The number of aryl methyl sites for hydroxylation is 1. The molecule has 186 valence electrons. The first-order valence-corrected chi connectivity index (χ1v) is 13.5. The van der Waals surface area contributed by atoms with Crippen LogP contribution in [-0.4, -0.2) is 0 Å². The van der Waals surface area contributed by atoms with Gasteiger partial charge in [-0.3, -0.25) is 0 Å². The van der Waals surface area contributed by atoms with Gasteiger partial charge in [0.05, 0.1) is 5.56 Å². The maximum Gasteiger partial charge on any atom is 0.427 e. The number of halogens is 3. The fourth-order valence-corrected chi connectivity index (χ4v) is 5.77. The Morgan fingerprint density at radius 1 is 0.853 bits per heavy atom. The van der Waals surface area contributed by atoms with E-state index in [9.17, 15) is 0 Å². The van der Waals surface area contributed by atoms with Gasteiger partial charge in [0.25, 0.3) is 0 Å². The summed E-state index contributed by atoms with van der Waals surface area (Å²) in [5, 5.41) is 0. The maximum atomic E-state index is 15.2. The average molecular weight is 473 g/mol. The molecular weight excluding hydrogens is 433 g/mol. The van der Waals surface area contributed by atoms with Crippen molar-refractivity contribution in [3.63, 3.8) is 0 Å². The summed E-state index contributed by atoms with van der Waals surface area (Å²) in [7, 11) is 0. The molecule has 0 atom stereocenters. The summed E-state index contributed by atoms with van der Waals surface area (Å²) in [4.78, 5) is 0. The number of fused-ring (bicyclic) bond motifs is 3. The number of benzene rings is 2. The van der Waals surface area contributed by atoms with Crippen LogP contribution in [0.3, 0.4) is 0 Å². The number of ether oxygens (including phenoxy) is 1. The van der Waals surface area contributed by atoms with Crippen molar-refractivity contribution in [3.8, 4) is 16.9 Å². The van der Waals surface area contributed by atoms with Gasteiger partial charge in [-0.05, 0) is 73.1 Å². The van der Waals surface area contributed by atoms with Gasteiger partial charge in [-0.25, -0.2) is 4.39 Å². The van der Waals surface area contributed by atoms with Crippen LogP contribution in [0.2, 0.25) is 0 Å². The van der Waals surface area contributed by atoms with Gasteiger partial charge in [0.2, 0.25) is 0 Å². The van der Waals surface area contributed by atoms with Gasteiger partial charge in [0.15, 0.2) is 11.6 Å². The zero-order chi connectivity index (χ0) is 24.1. The summed E-state index contributed by atoms with van der Waals surface area (Å²) >= 11 is 0. The van der Waals surface area contributed by atoms with E-state index in [0.29, 0.717) is 29.0 Å². The molecule has 1 aliphatic carbocycles. The zero-order valence-electron chi connectivity index (χ0n) is 20.8. The molecule has 0 saturated heterocycles. The summed E-state index contributed by atoms with van der Waals surface area (Å²) in [6.07, 6.45) is 10.5. The second-order valence-electron chi connectivity index (χ2n) is 10.4. The Hall–Kier alpha value is -1.97. The average Bonchev–Trinajstić information content (AvgIpc) is 2.84. The first-order chi connectivity index (χ1) is 16.4. The third-order valence-corrected chi connectivity index (χ3v) is 7.89. The van der Waals surface area contributed by atoms with Gasteiger partial charge in [-0.1, -0.05) is 83.1 Å². The van der Waals surface area contributed by atoms with Crippen LogP contribution in [0.1, 0.15) is 114 Å². The van der Waals surface area contributed by atoms with Crippen molar-refractivity contribution in [1.29, 1.82) is 0 Å².